The SMILES string of the molecule is CCc1nc(NN)cc(NC(C)CCS(C)=O)n1. The highest BCUT2D eigenvalue weighted by molar-refractivity contribution is 7.84. The van der Waals surface area contributed by atoms with E-state index in [1.807, 2.05) is 13.8 Å². The topological polar surface area (TPSA) is 92.9 Å². The van der Waals surface area contributed by atoms with Gasteiger partial charge in [0.25, 0.3) is 0 Å². The third-order valence-corrected chi connectivity index (χ3v) is 3.28. The molecule has 0 aliphatic rings. The molecular weight excluding hydrogens is 250 g/mol. The number of aromatic nitrogens is 2. The standard InChI is InChI=1S/C11H21N5OS/c1-4-9-14-10(7-11(15-9)16-12)13-8(2)5-6-18(3)17/h7-8H,4-6,12H2,1-3H3,(H2,13,14,15,16). The van der Waals surface area contributed by atoms with Crippen LogP contribution in [0.3, 0.4) is 0 Å². The largest absolute Gasteiger partial charge is 0.367 e. The van der Waals surface area contributed by atoms with E-state index in [0.717, 1.165) is 24.5 Å². The maximum Gasteiger partial charge on any atom is 0.145 e. The van der Waals surface area contributed by atoms with Crippen molar-refractivity contribution in [3.05, 3.63) is 11.9 Å². The predicted molar refractivity (Wildman–Crippen MR) is 75.9 cm³/mol. The van der Waals surface area contributed by atoms with Gasteiger partial charge in [0.1, 0.15) is 17.5 Å². The third kappa shape index (κ3) is 4.97. The lowest BCUT2D eigenvalue weighted by molar-refractivity contribution is 0.678. The van der Waals surface area contributed by atoms with Gasteiger partial charge in [-0.1, -0.05) is 6.92 Å². The lowest BCUT2D eigenvalue weighted by atomic mass is 10.2. The summed E-state index contributed by atoms with van der Waals surface area (Å²) in [6.07, 6.45) is 3.29. The lowest BCUT2D eigenvalue weighted by Gasteiger charge is -2.15. The molecule has 0 amide bonds. The number of nitrogens with two attached hydrogens (primary N) is 1. The fourth-order valence-electron chi connectivity index (χ4n) is 1.47. The number of nitrogens with zero attached hydrogens (tertiary/aromatic N) is 2. The molecule has 1 aromatic heterocycles. The molecule has 7 heteroatoms. The summed E-state index contributed by atoms with van der Waals surface area (Å²) in [5.74, 6) is 8.11. The van der Waals surface area contributed by atoms with E-state index in [1.54, 1.807) is 12.3 Å². The summed E-state index contributed by atoms with van der Waals surface area (Å²) < 4.78 is 11.0. The molecule has 2 atom stereocenters. The Kier molecular flexibility index (Phi) is 6.00. The molecule has 1 heterocycles. The first kappa shape index (κ1) is 14.8. The molecule has 4 N–H and O–H groups in total. The van der Waals surface area contributed by atoms with E-state index in [0.29, 0.717) is 11.6 Å². The second-order valence-electron chi connectivity index (χ2n) is 4.16. The number of aryl methyl sites for hydroxylation is 1. The zero-order valence-electron chi connectivity index (χ0n) is 11.1. The Bertz CT molecular complexity index is 390. The van der Waals surface area contributed by atoms with Gasteiger partial charge in [-0.2, -0.15) is 0 Å². The summed E-state index contributed by atoms with van der Waals surface area (Å²) in [5.41, 5.74) is 2.53. The summed E-state index contributed by atoms with van der Waals surface area (Å²) in [6, 6.07) is 1.97. The second-order valence-corrected chi connectivity index (χ2v) is 5.72. The monoisotopic (exact) mass is 271 g/mol. The van der Waals surface area contributed by atoms with E-state index >= 15 is 0 Å². The average Bonchev–Trinajstić information content (AvgIpc) is 2.35. The van der Waals surface area contributed by atoms with Crippen molar-refractivity contribution in [3.8, 4) is 0 Å². The van der Waals surface area contributed by atoms with Gasteiger partial charge in [0.15, 0.2) is 0 Å². The molecule has 0 aliphatic heterocycles. The van der Waals surface area contributed by atoms with Gasteiger partial charge in [-0.05, 0) is 13.3 Å². The molecule has 0 radical (unpaired) electrons. The fourth-order valence-corrected chi connectivity index (χ4v) is 2.16. The summed E-state index contributed by atoms with van der Waals surface area (Å²) in [7, 11) is -0.761. The first-order valence-electron chi connectivity index (χ1n) is 5.96. The smallest absolute Gasteiger partial charge is 0.145 e. The molecule has 0 fully saturated rings. The average molecular weight is 271 g/mol. The maximum absolute atomic E-state index is 11.0. The zero-order chi connectivity index (χ0) is 13.5. The van der Waals surface area contributed by atoms with Crippen LogP contribution in [0.15, 0.2) is 6.07 Å². The van der Waals surface area contributed by atoms with Gasteiger partial charge >= 0.3 is 0 Å². The van der Waals surface area contributed by atoms with Crippen LogP contribution < -0.4 is 16.6 Å². The summed E-state index contributed by atoms with van der Waals surface area (Å²) >= 11 is 0. The minimum absolute atomic E-state index is 0.208. The summed E-state index contributed by atoms with van der Waals surface area (Å²) in [5, 5.41) is 3.27. The first-order chi connectivity index (χ1) is 8.55. The van der Waals surface area contributed by atoms with Crippen molar-refractivity contribution < 1.29 is 4.21 Å². The van der Waals surface area contributed by atoms with Crippen LogP contribution in [0.2, 0.25) is 0 Å². The van der Waals surface area contributed by atoms with E-state index in [-0.39, 0.29) is 6.04 Å². The van der Waals surface area contributed by atoms with Crippen LogP contribution >= 0.6 is 0 Å². The molecule has 18 heavy (non-hydrogen) atoms. The normalized spacial score (nSPS) is 14.0. The highest BCUT2D eigenvalue weighted by Gasteiger charge is 2.07. The molecular formula is C11H21N5OS. The third-order valence-electron chi connectivity index (χ3n) is 2.47. The molecule has 0 aliphatic carbocycles. The first-order valence-corrected chi connectivity index (χ1v) is 7.69. The highest BCUT2D eigenvalue weighted by atomic mass is 32.2. The van der Waals surface area contributed by atoms with Crippen LogP contribution in [-0.2, 0) is 17.2 Å². The van der Waals surface area contributed by atoms with Crippen molar-refractivity contribution in [2.24, 2.45) is 5.84 Å². The molecule has 1 aromatic rings. The van der Waals surface area contributed by atoms with Gasteiger partial charge in [0.2, 0.25) is 0 Å². The Hall–Kier alpha value is -1.21. The molecule has 0 aromatic carbocycles. The minimum atomic E-state index is -0.761. The van der Waals surface area contributed by atoms with E-state index in [4.69, 9.17) is 5.84 Å². The van der Waals surface area contributed by atoms with Gasteiger partial charge in [-0.15, -0.1) is 0 Å². The van der Waals surface area contributed by atoms with Crippen LogP contribution in [0.1, 0.15) is 26.1 Å². The Morgan fingerprint density at radius 2 is 2.11 bits per heavy atom. The Morgan fingerprint density at radius 1 is 1.44 bits per heavy atom. The van der Waals surface area contributed by atoms with Crippen molar-refractivity contribution in [2.75, 3.05) is 22.8 Å². The number of anilines is 2. The number of hydrazine groups is 1. The second kappa shape index (κ2) is 7.27. The number of hydrogen-bond donors (Lipinski definition) is 3. The van der Waals surface area contributed by atoms with E-state index in [2.05, 4.69) is 20.7 Å². The number of nitrogens with one attached hydrogen (secondary N) is 2. The predicted octanol–water partition coefficient (Wildman–Crippen LogP) is 0.894. The molecule has 2 unspecified atom stereocenters. The van der Waals surface area contributed by atoms with Gasteiger partial charge in [0, 0.05) is 41.3 Å². The Labute approximate surface area is 110 Å². The van der Waals surface area contributed by atoms with Crippen molar-refractivity contribution in [2.45, 2.75) is 32.7 Å². The van der Waals surface area contributed by atoms with Gasteiger partial charge in [0.05, 0.1) is 0 Å². The quantitative estimate of drug-likeness (QED) is 0.504. The van der Waals surface area contributed by atoms with Crippen molar-refractivity contribution >= 4 is 22.4 Å². The van der Waals surface area contributed by atoms with Crippen LogP contribution in [-0.4, -0.2) is 32.2 Å². The molecule has 0 saturated heterocycles. The molecule has 0 bridgehead atoms. The highest BCUT2D eigenvalue weighted by Crippen LogP contribution is 2.12. The van der Waals surface area contributed by atoms with Crippen molar-refractivity contribution in [1.82, 2.24) is 9.97 Å². The van der Waals surface area contributed by atoms with Gasteiger partial charge < -0.3 is 10.7 Å². The molecule has 0 saturated carbocycles. The zero-order valence-corrected chi connectivity index (χ0v) is 11.9. The number of nitrogen functional groups attached to an aromatic ring is 1. The van der Waals surface area contributed by atoms with E-state index in [1.165, 1.54) is 0 Å². The van der Waals surface area contributed by atoms with Crippen LogP contribution in [0.4, 0.5) is 11.6 Å². The molecule has 0 spiro atoms. The van der Waals surface area contributed by atoms with Gasteiger partial charge in [-0.25, -0.2) is 15.8 Å². The number of hydrogen-bond acceptors (Lipinski definition) is 6. The van der Waals surface area contributed by atoms with Crippen molar-refractivity contribution in [1.29, 1.82) is 0 Å². The number of rotatable bonds is 7. The van der Waals surface area contributed by atoms with Crippen LogP contribution in [0.5, 0.6) is 0 Å². The lowest BCUT2D eigenvalue weighted by Crippen LogP contribution is -2.20. The molecule has 102 valence electrons. The van der Waals surface area contributed by atoms with E-state index in [9.17, 15) is 4.21 Å². The molecule has 6 nitrogen and oxygen atoms in total. The van der Waals surface area contributed by atoms with Crippen LogP contribution in [0.25, 0.3) is 0 Å². The van der Waals surface area contributed by atoms with E-state index < -0.39 is 10.8 Å². The maximum atomic E-state index is 11.0. The Morgan fingerprint density at radius 3 is 2.67 bits per heavy atom. The molecule has 1 rings (SSSR count). The summed E-state index contributed by atoms with van der Waals surface area (Å²) in [4.78, 5) is 8.59. The minimum Gasteiger partial charge on any atom is -0.367 e. The summed E-state index contributed by atoms with van der Waals surface area (Å²) in [6.45, 7) is 4.03. The Balaban J connectivity index is 2.67. The van der Waals surface area contributed by atoms with Crippen LogP contribution in [0, 0.1) is 0 Å². The fraction of sp³-hybridized carbons (Fsp3) is 0.636. The van der Waals surface area contributed by atoms with Crippen molar-refractivity contribution in [3.63, 3.8) is 0 Å². The van der Waals surface area contributed by atoms with Gasteiger partial charge in [-0.3, -0.25) is 4.21 Å².